The first kappa shape index (κ1) is 15.8. The van der Waals surface area contributed by atoms with Crippen LogP contribution in [0.3, 0.4) is 0 Å². The smallest absolute Gasteiger partial charge is 0.0834 e. The van der Waals surface area contributed by atoms with Crippen LogP contribution in [0.2, 0.25) is 5.02 Å². The van der Waals surface area contributed by atoms with E-state index in [2.05, 4.69) is 17.3 Å². The van der Waals surface area contributed by atoms with Crippen molar-refractivity contribution in [3.8, 4) is 0 Å². The van der Waals surface area contributed by atoms with Crippen LogP contribution in [0.25, 0.3) is 0 Å². The number of hydrogen-bond donors (Lipinski definition) is 1. The van der Waals surface area contributed by atoms with E-state index in [9.17, 15) is 0 Å². The summed E-state index contributed by atoms with van der Waals surface area (Å²) in [6, 6.07) is 0.221. The summed E-state index contributed by atoms with van der Waals surface area (Å²) in [6.45, 7) is 6.11. The number of halogens is 1. The van der Waals surface area contributed by atoms with E-state index in [-0.39, 0.29) is 6.04 Å². The molecule has 5 nitrogen and oxygen atoms in total. The quantitative estimate of drug-likeness (QED) is 0.800. The summed E-state index contributed by atoms with van der Waals surface area (Å²) in [5.41, 5.74) is 1.07. The first-order valence-electron chi connectivity index (χ1n) is 7.27. The van der Waals surface area contributed by atoms with Gasteiger partial charge in [0.05, 0.1) is 36.1 Å². The predicted molar refractivity (Wildman–Crippen MR) is 79.1 cm³/mol. The molecule has 0 radical (unpaired) electrons. The van der Waals surface area contributed by atoms with E-state index in [1.165, 1.54) is 0 Å². The molecule has 114 valence electrons. The molecule has 1 aromatic rings. The van der Waals surface area contributed by atoms with Crippen molar-refractivity contribution >= 4 is 11.6 Å². The van der Waals surface area contributed by atoms with Gasteiger partial charge in [-0.15, -0.1) is 0 Å². The summed E-state index contributed by atoms with van der Waals surface area (Å²) in [6.07, 6.45) is 3.89. The molecule has 1 aliphatic rings. The van der Waals surface area contributed by atoms with Crippen molar-refractivity contribution in [3.05, 3.63) is 16.9 Å². The van der Waals surface area contributed by atoms with Gasteiger partial charge in [-0.05, 0) is 25.3 Å². The number of methoxy groups -OCH3 is 1. The highest BCUT2D eigenvalue weighted by Crippen LogP contribution is 2.30. The fraction of sp³-hybridized carbons (Fsp3) is 0.786. The molecule has 0 aliphatic carbocycles. The molecule has 6 heteroatoms. The number of nitrogens with zero attached hydrogens (tertiary/aromatic N) is 2. The lowest BCUT2D eigenvalue weighted by atomic mass is 9.97. The largest absolute Gasteiger partial charge is 0.383 e. The number of nitrogens with one attached hydrogen (secondary N) is 1. The van der Waals surface area contributed by atoms with Crippen LogP contribution in [0.1, 0.15) is 31.5 Å². The minimum atomic E-state index is 0.221. The molecule has 1 saturated heterocycles. The average molecular weight is 302 g/mol. The average Bonchev–Trinajstić information content (AvgIpc) is 3.06. The predicted octanol–water partition coefficient (Wildman–Crippen LogP) is 2.26. The molecule has 1 fully saturated rings. The van der Waals surface area contributed by atoms with Gasteiger partial charge in [-0.1, -0.05) is 18.5 Å². The molecule has 1 aromatic heterocycles. The fourth-order valence-corrected chi connectivity index (χ4v) is 2.99. The van der Waals surface area contributed by atoms with Crippen LogP contribution in [0, 0.1) is 5.92 Å². The summed E-state index contributed by atoms with van der Waals surface area (Å²) >= 11 is 6.34. The van der Waals surface area contributed by atoms with Crippen LogP contribution in [-0.4, -0.2) is 43.3 Å². The zero-order valence-corrected chi connectivity index (χ0v) is 13.0. The Bertz CT molecular complexity index is 405. The minimum Gasteiger partial charge on any atom is -0.383 e. The number of hydrogen-bond acceptors (Lipinski definition) is 4. The second-order valence-corrected chi connectivity index (χ2v) is 5.58. The number of aromatic nitrogens is 2. The molecule has 20 heavy (non-hydrogen) atoms. The molecule has 2 rings (SSSR count). The van der Waals surface area contributed by atoms with Crippen LogP contribution in [0.5, 0.6) is 0 Å². The third-order valence-corrected chi connectivity index (χ3v) is 4.01. The summed E-state index contributed by atoms with van der Waals surface area (Å²) in [5.74, 6) is 0.598. The second-order valence-electron chi connectivity index (χ2n) is 5.17. The van der Waals surface area contributed by atoms with E-state index in [4.69, 9.17) is 21.1 Å². The van der Waals surface area contributed by atoms with Gasteiger partial charge >= 0.3 is 0 Å². The minimum absolute atomic E-state index is 0.221. The topological polar surface area (TPSA) is 48.3 Å². The molecule has 0 aromatic carbocycles. The Kier molecular flexibility index (Phi) is 6.29. The van der Waals surface area contributed by atoms with Crippen molar-refractivity contribution in [2.75, 3.05) is 33.5 Å². The Morgan fingerprint density at radius 1 is 1.65 bits per heavy atom. The summed E-state index contributed by atoms with van der Waals surface area (Å²) < 4.78 is 12.6. The van der Waals surface area contributed by atoms with Gasteiger partial charge in [0.25, 0.3) is 0 Å². The van der Waals surface area contributed by atoms with Crippen molar-refractivity contribution < 1.29 is 9.47 Å². The first-order chi connectivity index (χ1) is 9.76. The molecule has 1 aliphatic heterocycles. The Labute approximate surface area is 125 Å². The van der Waals surface area contributed by atoms with Gasteiger partial charge < -0.3 is 14.8 Å². The third-order valence-electron chi connectivity index (χ3n) is 3.71. The number of rotatable bonds is 8. The lowest BCUT2D eigenvalue weighted by Crippen LogP contribution is -2.27. The molecule has 2 heterocycles. The van der Waals surface area contributed by atoms with Crippen molar-refractivity contribution in [2.45, 2.75) is 32.4 Å². The highest BCUT2D eigenvalue weighted by molar-refractivity contribution is 6.31. The Hall–Kier alpha value is -0.620. The highest BCUT2D eigenvalue weighted by atomic mass is 35.5. The Morgan fingerprint density at radius 3 is 3.15 bits per heavy atom. The standard InChI is InChI=1S/C14H24ClN3O2/c1-3-16-13(8-11-4-6-20-10-11)14-12(15)9-17-18(14)5-7-19-2/h9,11,13,16H,3-8,10H2,1-2H3. The zero-order chi connectivity index (χ0) is 14.4. The molecule has 0 saturated carbocycles. The van der Waals surface area contributed by atoms with Gasteiger partial charge in [0.2, 0.25) is 0 Å². The van der Waals surface area contributed by atoms with Crippen molar-refractivity contribution in [3.63, 3.8) is 0 Å². The second kappa shape index (κ2) is 7.98. The molecule has 2 atom stereocenters. The van der Waals surface area contributed by atoms with Gasteiger partial charge in [0.1, 0.15) is 0 Å². The van der Waals surface area contributed by atoms with Crippen molar-refractivity contribution in [2.24, 2.45) is 5.92 Å². The monoisotopic (exact) mass is 301 g/mol. The molecule has 0 amide bonds. The van der Waals surface area contributed by atoms with E-state index < -0.39 is 0 Å². The molecule has 0 spiro atoms. The molecular formula is C14H24ClN3O2. The maximum atomic E-state index is 6.34. The molecule has 2 unspecified atom stereocenters. The highest BCUT2D eigenvalue weighted by Gasteiger charge is 2.25. The van der Waals surface area contributed by atoms with E-state index in [0.717, 1.165) is 49.9 Å². The summed E-state index contributed by atoms with van der Waals surface area (Å²) in [5, 5.41) is 8.62. The van der Waals surface area contributed by atoms with Gasteiger partial charge in [-0.25, -0.2) is 0 Å². The summed E-state index contributed by atoms with van der Waals surface area (Å²) in [4.78, 5) is 0. The van der Waals surface area contributed by atoms with E-state index in [0.29, 0.717) is 12.5 Å². The number of ether oxygens (including phenoxy) is 2. The van der Waals surface area contributed by atoms with Crippen LogP contribution in [0.4, 0.5) is 0 Å². The Morgan fingerprint density at radius 2 is 2.50 bits per heavy atom. The van der Waals surface area contributed by atoms with Crippen molar-refractivity contribution in [1.82, 2.24) is 15.1 Å². The lowest BCUT2D eigenvalue weighted by Gasteiger charge is -2.22. The van der Waals surface area contributed by atoms with Crippen LogP contribution >= 0.6 is 11.6 Å². The van der Waals surface area contributed by atoms with Crippen LogP contribution in [-0.2, 0) is 16.0 Å². The van der Waals surface area contributed by atoms with Crippen molar-refractivity contribution in [1.29, 1.82) is 0 Å². The van der Waals surface area contributed by atoms with Crippen LogP contribution < -0.4 is 5.32 Å². The maximum absolute atomic E-state index is 6.34. The van der Waals surface area contributed by atoms with Gasteiger partial charge in [-0.2, -0.15) is 5.10 Å². The SMILES string of the molecule is CCNC(CC1CCOC1)c1c(Cl)cnn1CCOC. The Balaban J connectivity index is 2.11. The summed E-state index contributed by atoms with van der Waals surface area (Å²) in [7, 11) is 1.70. The zero-order valence-electron chi connectivity index (χ0n) is 12.3. The van der Waals surface area contributed by atoms with E-state index >= 15 is 0 Å². The molecular weight excluding hydrogens is 278 g/mol. The van der Waals surface area contributed by atoms with Gasteiger partial charge in [-0.3, -0.25) is 4.68 Å². The fourth-order valence-electron chi connectivity index (χ4n) is 2.71. The maximum Gasteiger partial charge on any atom is 0.0834 e. The van der Waals surface area contributed by atoms with Gasteiger partial charge in [0, 0.05) is 20.3 Å². The normalized spacial score (nSPS) is 20.4. The lowest BCUT2D eigenvalue weighted by molar-refractivity contribution is 0.177. The van der Waals surface area contributed by atoms with E-state index in [1.807, 2.05) is 4.68 Å². The first-order valence-corrected chi connectivity index (χ1v) is 7.65. The van der Waals surface area contributed by atoms with Crippen LogP contribution in [0.15, 0.2) is 6.20 Å². The third kappa shape index (κ3) is 3.95. The molecule has 1 N–H and O–H groups in total. The van der Waals surface area contributed by atoms with Gasteiger partial charge in [0.15, 0.2) is 0 Å². The molecule has 0 bridgehead atoms. The van der Waals surface area contributed by atoms with E-state index in [1.54, 1.807) is 13.3 Å².